The van der Waals surface area contributed by atoms with Crippen LogP contribution in [0.15, 0.2) is 34.7 Å². The van der Waals surface area contributed by atoms with E-state index >= 15 is 0 Å². The highest BCUT2D eigenvalue weighted by Gasteiger charge is 2.37. The average Bonchev–Trinajstić information content (AvgIpc) is 3.17. The van der Waals surface area contributed by atoms with Crippen LogP contribution in [0.3, 0.4) is 0 Å². The highest BCUT2D eigenvalue weighted by molar-refractivity contribution is 6.33. The number of furan rings is 1. The fourth-order valence-corrected chi connectivity index (χ4v) is 3.47. The van der Waals surface area contributed by atoms with Crippen molar-refractivity contribution >= 4 is 35.1 Å². The van der Waals surface area contributed by atoms with Crippen LogP contribution < -0.4 is 4.90 Å². The number of hydrogen-bond acceptors (Lipinski definition) is 4. The summed E-state index contributed by atoms with van der Waals surface area (Å²) in [5.74, 6) is -1.25. The minimum Gasteiger partial charge on any atom is -0.478 e. The van der Waals surface area contributed by atoms with Gasteiger partial charge < -0.3 is 19.3 Å². The summed E-state index contributed by atoms with van der Waals surface area (Å²) in [6.45, 7) is 1.94. The lowest BCUT2D eigenvalue weighted by molar-refractivity contribution is -0.135. The van der Waals surface area contributed by atoms with Gasteiger partial charge >= 0.3 is 5.97 Å². The van der Waals surface area contributed by atoms with Gasteiger partial charge in [0.1, 0.15) is 17.1 Å². The Morgan fingerprint density at radius 1 is 1.37 bits per heavy atom. The molecule has 1 aromatic carbocycles. The van der Waals surface area contributed by atoms with Crippen molar-refractivity contribution in [3.05, 3.63) is 52.4 Å². The Hall–Kier alpha value is -2.80. The molecule has 1 aliphatic rings. The Morgan fingerprint density at radius 2 is 2.07 bits per heavy atom. The Morgan fingerprint density at radius 3 is 2.70 bits per heavy atom. The van der Waals surface area contributed by atoms with Crippen molar-refractivity contribution in [3.63, 3.8) is 0 Å². The van der Waals surface area contributed by atoms with E-state index in [1.165, 1.54) is 15.9 Å². The topological polar surface area (TPSA) is 91.1 Å². The maximum absolute atomic E-state index is 12.7. The number of nitrogens with zero attached hydrogens (tertiary/aromatic N) is 2. The molecule has 1 aromatic heterocycles. The first kappa shape index (κ1) is 19.0. The molecule has 0 spiro atoms. The van der Waals surface area contributed by atoms with E-state index in [0.717, 1.165) is 0 Å². The van der Waals surface area contributed by atoms with Gasteiger partial charge in [-0.1, -0.05) is 23.7 Å². The lowest BCUT2D eigenvalue weighted by atomic mass is 10.1. The van der Waals surface area contributed by atoms with Crippen molar-refractivity contribution in [2.75, 3.05) is 18.5 Å². The van der Waals surface area contributed by atoms with Crippen molar-refractivity contribution in [1.29, 1.82) is 0 Å². The molecule has 7 nitrogen and oxygen atoms in total. The standard InChI is InChI=1S/C19H19ClN2O5/c1-11-14(19(25)26)8-13(27-11)10-21(2)18(24)12-7-17(23)22(9-12)16-6-4-3-5-15(16)20/h3-6,8,12H,7,9-10H2,1-2H3,(H,25,26). The lowest BCUT2D eigenvalue weighted by Gasteiger charge is -2.21. The van der Waals surface area contributed by atoms with Gasteiger partial charge in [0.05, 0.1) is 23.2 Å². The molecule has 1 unspecified atom stereocenters. The summed E-state index contributed by atoms with van der Waals surface area (Å²) in [5.41, 5.74) is 0.668. The Bertz CT molecular complexity index is 907. The number of rotatable bonds is 5. The van der Waals surface area contributed by atoms with Crippen LogP contribution in [-0.4, -0.2) is 41.4 Å². The minimum atomic E-state index is -1.08. The Balaban J connectivity index is 1.69. The van der Waals surface area contributed by atoms with Crippen LogP contribution in [0.5, 0.6) is 0 Å². The number of hydrogen-bond donors (Lipinski definition) is 1. The Labute approximate surface area is 161 Å². The molecule has 2 amide bonds. The van der Waals surface area contributed by atoms with Gasteiger partial charge in [-0.15, -0.1) is 0 Å². The minimum absolute atomic E-state index is 0.0757. The van der Waals surface area contributed by atoms with Gasteiger partial charge in [-0.25, -0.2) is 4.79 Å². The van der Waals surface area contributed by atoms with Crippen LogP contribution in [0.2, 0.25) is 5.02 Å². The van der Waals surface area contributed by atoms with Crippen molar-refractivity contribution in [3.8, 4) is 0 Å². The van der Waals surface area contributed by atoms with Crippen LogP contribution in [0, 0.1) is 12.8 Å². The van der Waals surface area contributed by atoms with E-state index < -0.39 is 11.9 Å². The van der Waals surface area contributed by atoms with Gasteiger partial charge in [0, 0.05) is 20.0 Å². The first-order valence-corrected chi connectivity index (χ1v) is 8.78. The Kier molecular flexibility index (Phi) is 5.23. The number of para-hydroxylation sites is 1. The van der Waals surface area contributed by atoms with Crippen molar-refractivity contribution in [1.82, 2.24) is 4.90 Å². The SMILES string of the molecule is Cc1oc(CN(C)C(=O)C2CC(=O)N(c3ccccc3Cl)C2)cc1C(=O)O. The van der Waals surface area contributed by atoms with Gasteiger partial charge in [-0.05, 0) is 25.1 Å². The zero-order valence-corrected chi connectivity index (χ0v) is 15.7. The summed E-state index contributed by atoms with van der Waals surface area (Å²) in [6, 6.07) is 8.42. The number of carbonyl (C=O) groups is 3. The van der Waals surface area contributed by atoms with Crippen LogP contribution >= 0.6 is 11.6 Å². The maximum atomic E-state index is 12.7. The third kappa shape index (κ3) is 3.83. The molecule has 1 saturated heterocycles. The molecule has 1 atom stereocenters. The molecule has 2 aromatic rings. The number of carboxylic acid groups (broad SMARTS) is 1. The number of benzene rings is 1. The number of anilines is 1. The quantitative estimate of drug-likeness (QED) is 0.847. The second kappa shape index (κ2) is 7.44. The predicted molar refractivity (Wildman–Crippen MR) is 98.8 cm³/mol. The fourth-order valence-electron chi connectivity index (χ4n) is 3.23. The monoisotopic (exact) mass is 390 g/mol. The second-order valence-corrected chi connectivity index (χ2v) is 6.95. The zero-order valence-electron chi connectivity index (χ0n) is 14.9. The molecule has 1 N–H and O–H groups in total. The number of carboxylic acids is 1. The van der Waals surface area contributed by atoms with E-state index in [4.69, 9.17) is 21.1 Å². The van der Waals surface area contributed by atoms with Crippen molar-refractivity contribution in [2.45, 2.75) is 19.9 Å². The van der Waals surface area contributed by atoms with Gasteiger partial charge in [0.25, 0.3) is 0 Å². The molecule has 142 valence electrons. The number of carbonyl (C=O) groups excluding carboxylic acids is 2. The molecule has 1 aliphatic heterocycles. The van der Waals surface area contributed by atoms with E-state index in [1.807, 2.05) is 0 Å². The number of aryl methyl sites for hydroxylation is 1. The highest BCUT2D eigenvalue weighted by atomic mass is 35.5. The predicted octanol–water partition coefficient (Wildman–Crippen LogP) is 2.95. The van der Waals surface area contributed by atoms with E-state index in [9.17, 15) is 14.4 Å². The maximum Gasteiger partial charge on any atom is 0.339 e. The molecule has 27 heavy (non-hydrogen) atoms. The first-order chi connectivity index (χ1) is 12.8. The molecular weight excluding hydrogens is 372 g/mol. The van der Waals surface area contributed by atoms with Gasteiger partial charge in [0.15, 0.2) is 0 Å². The van der Waals surface area contributed by atoms with Gasteiger partial charge in [-0.2, -0.15) is 0 Å². The summed E-state index contributed by atoms with van der Waals surface area (Å²) in [6.07, 6.45) is 0.103. The third-order valence-electron chi connectivity index (χ3n) is 4.59. The lowest BCUT2D eigenvalue weighted by Crippen LogP contribution is -2.34. The van der Waals surface area contributed by atoms with Crippen LogP contribution in [0.1, 0.15) is 28.3 Å². The summed E-state index contributed by atoms with van der Waals surface area (Å²) >= 11 is 6.16. The normalized spacial score (nSPS) is 16.6. The fraction of sp³-hybridized carbons (Fsp3) is 0.316. The van der Waals surface area contributed by atoms with Gasteiger partial charge in [0.2, 0.25) is 11.8 Å². The molecular formula is C19H19ClN2O5. The molecule has 0 saturated carbocycles. The van der Waals surface area contributed by atoms with Crippen LogP contribution in [0.25, 0.3) is 0 Å². The van der Waals surface area contributed by atoms with Crippen molar-refractivity contribution < 1.29 is 23.9 Å². The number of amides is 2. The summed E-state index contributed by atoms with van der Waals surface area (Å²) in [7, 11) is 1.60. The molecule has 2 heterocycles. The first-order valence-electron chi connectivity index (χ1n) is 8.40. The van der Waals surface area contributed by atoms with E-state index in [0.29, 0.717) is 22.2 Å². The molecule has 1 fully saturated rings. The molecule has 0 aliphatic carbocycles. The summed E-state index contributed by atoms with van der Waals surface area (Å²) in [4.78, 5) is 39.2. The van der Waals surface area contributed by atoms with E-state index in [-0.39, 0.29) is 36.9 Å². The molecule has 3 rings (SSSR count). The highest BCUT2D eigenvalue weighted by Crippen LogP contribution is 2.31. The van der Waals surface area contributed by atoms with Crippen LogP contribution in [0.4, 0.5) is 5.69 Å². The second-order valence-electron chi connectivity index (χ2n) is 6.54. The molecule has 0 radical (unpaired) electrons. The number of aromatic carboxylic acids is 1. The van der Waals surface area contributed by atoms with E-state index in [2.05, 4.69) is 0 Å². The average molecular weight is 391 g/mol. The van der Waals surface area contributed by atoms with Crippen LogP contribution in [-0.2, 0) is 16.1 Å². The van der Waals surface area contributed by atoms with Crippen molar-refractivity contribution in [2.24, 2.45) is 5.92 Å². The third-order valence-corrected chi connectivity index (χ3v) is 4.91. The van der Waals surface area contributed by atoms with E-state index in [1.54, 1.807) is 38.2 Å². The zero-order chi connectivity index (χ0) is 19.7. The smallest absolute Gasteiger partial charge is 0.339 e. The summed E-state index contributed by atoms with van der Waals surface area (Å²) in [5, 5.41) is 9.55. The largest absolute Gasteiger partial charge is 0.478 e. The molecule has 8 heteroatoms. The molecule has 0 bridgehead atoms. The number of halogens is 1. The van der Waals surface area contributed by atoms with Gasteiger partial charge in [-0.3, -0.25) is 9.59 Å². The summed E-state index contributed by atoms with van der Waals surface area (Å²) < 4.78 is 5.42.